The molecule has 0 aliphatic rings. The third-order valence-corrected chi connectivity index (χ3v) is 0.498. The number of hydrogen-bond donors (Lipinski definition) is 0. The first-order valence-corrected chi connectivity index (χ1v) is 2.18. The van der Waals surface area contributed by atoms with E-state index in [9.17, 15) is 0 Å². The van der Waals surface area contributed by atoms with E-state index in [4.69, 9.17) is 10.00 Å². The van der Waals surface area contributed by atoms with Gasteiger partial charge in [-0.3, -0.25) is 0 Å². The van der Waals surface area contributed by atoms with Crippen molar-refractivity contribution in [3.8, 4) is 6.07 Å². The maximum atomic E-state index is 7.95. The second-order valence-electron chi connectivity index (χ2n) is 1.01. The molecule has 0 aromatic heterocycles. The van der Waals surface area contributed by atoms with Crippen LogP contribution in [0.4, 0.5) is 0 Å². The van der Waals surface area contributed by atoms with Gasteiger partial charge in [-0.15, -0.1) is 0 Å². The molecule has 0 aliphatic heterocycles. The van der Waals surface area contributed by atoms with Crippen LogP contribution >= 0.6 is 0 Å². The Hall–Kier alpha value is -0.550. The molecular weight excluding hydrogens is 90.1 g/mol. The van der Waals surface area contributed by atoms with Crippen LogP contribution in [0.25, 0.3) is 0 Å². The molecule has 1 radical (unpaired) electrons. The Kier molecular flexibility index (Phi) is 5.02. The molecule has 2 nitrogen and oxygen atoms in total. The second-order valence-corrected chi connectivity index (χ2v) is 1.01. The highest BCUT2D eigenvalue weighted by Gasteiger charge is 1.78. The molecule has 0 N–H and O–H groups in total. The van der Waals surface area contributed by atoms with Gasteiger partial charge in [0.25, 0.3) is 0 Å². The maximum absolute atomic E-state index is 7.95. The van der Waals surface area contributed by atoms with Gasteiger partial charge in [-0.25, -0.2) is 0 Å². The molecule has 0 unspecified atom stereocenters. The van der Waals surface area contributed by atoms with Crippen LogP contribution in [-0.4, -0.2) is 6.61 Å². The van der Waals surface area contributed by atoms with Crippen LogP contribution in [0.2, 0.25) is 0 Å². The zero-order chi connectivity index (χ0) is 5.54. The highest BCUT2D eigenvalue weighted by Crippen LogP contribution is 1.80. The van der Waals surface area contributed by atoms with E-state index in [2.05, 4.69) is 0 Å². The van der Waals surface area contributed by atoms with Crippen molar-refractivity contribution in [2.45, 2.75) is 13.3 Å². The molecule has 0 bridgehead atoms. The van der Waals surface area contributed by atoms with Crippen LogP contribution in [-0.2, 0) is 4.74 Å². The molecule has 0 atom stereocenters. The summed E-state index contributed by atoms with van der Waals surface area (Å²) < 4.78 is 4.73. The van der Waals surface area contributed by atoms with Crippen LogP contribution in [0.1, 0.15) is 13.3 Å². The topological polar surface area (TPSA) is 33.0 Å². The van der Waals surface area contributed by atoms with Gasteiger partial charge in [-0.1, -0.05) is 0 Å². The van der Waals surface area contributed by atoms with Gasteiger partial charge in [0.15, 0.2) is 0 Å². The molecule has 0 amide bonds. The molecule has 2 heteroatoms. The van der Waals surface area contributed by atoms with Crippen LogP contribution < -0.4 is 0 Å². The second kappa shape index (κ2) is 5.45. The third-order valence-electron chi connectivity index (χ3n) is 0.498. The van der Waals surface area contributed by atoms with Gasteiger partial charge in [0.05, 0.1) is 25.7 Å². The third kappa shape index (κ3) is 5.45. The van der Waals surface area contributed by atoms with E-state index in [0.29, 0.717) is 13.0 Å². The first-order valence-electron chi connectivity index (χ1n) is 2.18. The fraction of sp³-hybridized carbons (Fsp3) is 0.600. The lowest BCUT2D eigenvalue weighted by atomic mass is 10.5. The van der Waals surface area contributed by atoms with Gasteiger partial charge in [0, 0.05) is 0 Å². The van der Waals surface area contributed by atoms with Crippen LogP contribution in [0.15, 0.2) is 0 Å². The van der Waals surface area contributed by atoms with Crippen molar-refractivity contribution in [3.05, 3.63) is 6.61 Å². The monoisotopic (exact) mass is 98.1 g/mol. The molecule has 39 valence electrons. The first kappa shape index (κ1) is 6.45. The van der Waals surface area contributed by atoms with Gasteiger partial charge in [-0.05, 0) is 6.92 Å². The van der Waals surface area contributed by atoms with Gasteiger partial charge in [-0.2, -0.15) is 5.26 Å². The molecule has 0 rings (SSSR count). The lowest BCUT2D eigenvalue weighted by Gasteiger charge is -1.89. The van der Waals surface area contributed by atoms with Crippen molar-refractivity contribution in [1.29, 1.82) is 5.26 Å². The van der Waals surface area contributed by atoms with Gasteiger partial charge < -0.3 is 4.74 Å². The Morgan fingerprint density at radius 2 is 2.57 bits per heavy atom. The number of nitriles is 1. The largest absolute Gasteiger partial charge is 0.375 e. The maximum Gasteiger partial charge on any atom is 0.0806 e. The summed E-state index contributed by atoms with van der Waals surface area (Å²) >= 11 is 0. The Labute approximate surface area is 43.7 Å². The lowest BCUT2D eigenvalue weighted by molar-refractivity contribution is 0.211. The zero-order valence-corrected chi connectivity index (χ0v) is 4.35. The minimum Gasteiger partial charge on any atom is -0.375 e. The Morgan fingerprint density at radius 3 is 3.00 bits per heavy atom. The van der Waals surface area contributed by atoms with Crippen molar-refractivity contribution >= 4 is 0 Å². The predicted octanol–water partition coefficient (Wildman–Crippen LogP) is 1.10. The van der Waals surface area contributed by atoms with Gasteiger partial charge in [0.2, 0.25) is 0 Å². The van der Waals surface area contributed by atoms with Crippen molar-refractivity contribution in [3.63, 3.8) is 0 Å². The molecular formula is C5H8NO. The minimum atomic E-state index is 0.477. The van der Waals surface area contributed by atoms with Crippen LogP contribution in [0.5, 0.6) is 0 Å². The SMILES string of the molecule is C[CH]OCCC#N. The summed E-state index contributed by atoms with van der Waals surface area (Å²) in [6.07, 6.45) is 0.477. The highest BCUT2D eigenvalue weighted by atomic mass is 16.5. The van der Waals surface area contributed by atoms with E-state index in [-0.39, 0.29) is 0 Å². The Morgan fingerprint density at radius 1 is 1.86 bits per heavy atom. The van der Waals surface area contributed by atoms with Gasteiger partial charge in [0.1, 0.15) is 0 Å². The van der Waals surface area contributed by atoms with E-state index in [1.165, 1.54) is 0 Å². The quantitative estimate of drug-likeness (QED) is 0.495. The molecule has 0 saturated heterocycles. The molecule has 0 spiro atoms. The Balaban J connectivity index is 2.60. The van der Waals surface area contributed by atoms with E-state index < -0.39 is 0 Å². The summed E-state index contributed by atoms with van der Waals surface area (Å²) in [4.78, 5) is 0. The van der Waals surface area contributed by atoms with Crippen LogP contribution in [0, 0.1) is 17.9 Å². The van der Waals surface area contributed by atoms with Crippen molar-refractivity contribution in [1.82, 2.24) is 0 Å². The van der Waals surface area contributed by atoms with E-state index in [1.807, 2.05) is 6.07 Å². The predicted molar refractivity (Wildman–Crippen MR) is 26.2 cm³/mol. The van der Waals surface area contributed by atoms with Crippen molar-refractivity contribution in [2.24, 2.45) is 0 Å². The molecule has 0 heterocycles. The summed E-state index contributed by atoms with van der Waals surface area (Å²) in [5.74, 6) is 0. The van der Waals surface area contributed by atoms with E-state index in [0.717, 1.165) is 0 Å². The number of ether oxygens (including phenoxy) is 1. The molecule has 0 aromatic carbocycles. The lowest BCUT2D eigenvalue weighted by Crippen LogP contribution is -1.85. The number of nitrogens with zero attached hydrogens (tertiary/aromatic N) is 1. The Bertz CT molecular complexity index is 65.0. The summed E-state index contributed by atoms with van der Waals surface area (Å²) in [6, 6.07) is 1.96. The highest BCUT2D eigenvalue weighted by molar-refractivity contribution is 4.67. The smallest absolute Gasteiger partial charge is 0.0806 e. The fourth-order valence-corrected chi connectivity index (χ4v) is 0.222. The summed E-state index contributed by atoms with van der Waals surface area (Å²) in [7, 11) is 0. The average molecular weight is 98.1 g/mol. The van der Waals surface area contributed by atoms with E-state index in [1.54, 1.807) is 13.5 Å². The first-order chi connectivity index (χ1) is 3.41. The standard InChI is InChI=1S/C5H8NO/c1-2-7-5-3-4-6/h2H,3,5H2,1H3. The number of rotatable bonds is 3. The summed E-state index contributed by atoms with van der Waals surface area (Å²) in [6.45, 7) is 3.89. The molecule has 0 aliphatic carbocycles. The molecule has 0 saturated carbocycles. The molecule has 7 heavy (non-hydrogen) atoms. The van der Waals surface area contributed by atoms with Crippen molar-refractivity contribution < 1.29 is 4.74 Å². The fourth-order valence-electron chi connectivity index (χ4n) is 0.222. The molecule has 0 aromatic rings. The minimum absolute atomic E-state index is 0.477. The summed E-state index contributed by atoms with van der Waals surface area (Å²) in [5, 5.41) is 7.95. The average Bonchev–Trinajstić information content (AvgIpc) is 1.69. The van der Waals surface area contributed by atoms with Gasteiger partial charge >= 0.3 is 0 Å². The van der Waals surface area contributed by atoms with Crippen LogP contribution in [0.3, 0.4) is 0 Å². The van der Waals surface area contributed by atoms with Crippen molar-refractivity contribution in [2.75, 3.05) is 6.61 Å². The molecule has 0 fully saturated rings. The van der Waals surface area contributed by atoms with E-state index >= 15 is 0 Å². The zero-order valence-electron chi connectivity index (χ0n) is 4.35. The number of hydrogen-bond acceptors (Lipinski definition) is 2. The normalized spacial score (nSPS) is 8.00. The summed E-state index contributed by atoms with van der Waals surface area (Å²) in [5.41, 5.74) is 0.